The number of aliphatic hydroxyl groups is 2. The van der Waals surface area contributed by atoms with Crippen LogP contribution in [-0.2, 0) is 0 Å². The van der Waals surface area contributed by atoms with Gasteiger partial charge in [0.05, 0.1) is 60.2 Å². The van der Waals surface area contributed by atoms with Gasteiger partial charge in [0.25, 0.3) is 11.8 Å². The van der Waals surface area contributed by atoms with Gasteiger partial charge in [-0.15, -0.1) is 22.7 Å². The average Bonchev–Trinajstić information content (AvgIpc) is 3.95. The van der Waals surface area contributed by atoms with Crippen molar-refractivity contribution in [1.29, 1.82) is 0 Å². The molecule has 2 N–H and O–H groups in total. The Bertz CT molecular complexity index is 2310. The number of aliphatic hydroxyl groups excluding tert-OH is 2. The van der Waals surface area contributed by atoms with Crippen LogP contribution in [0.15, 0.2) is 99.6 Å². The Balaban J connectivity index is 0.993. The summed E-state index contributed by atoms with van der Waals surface area (Å²) in [5.74, 6) is 0.287. The van der Waals surface area contributed by atoms with Crippen LogP contribution >= 0.6 is 22.7 Å². The third kappa shape index (κ3) is 6.36. The van der Waals surface area contributed by atoms with Gasteiger partial charge in [0.15, 0.2) is 0 Å². The molecule has 0 unspecified atom stereocenters. The number of ether oxygens (including phenoxy) is 2. The molecular weight excluding hydrogens is 747 g/mol. The van der Waals surface area contributed by atoms with E-state index < -0.39 is 12.2 Å². The Hall–Kier alpha value is -5.73. The largest absolute Gasteiger partial charge is 0.496 e. The Morgan fingerprint density at radius 3 is 1.55 bits per heavy atom. The lowest BCUT2D eigenvalue weighted by molar-refractivity contribution is 0.0740. The molecule has 11 nitrogen and oxygen atoms in total. The van der Waals surface area contributed by atoms with Crippen molar-refractivity contribution >= 4 is 69.4 Å². The number of thiophene rings is 2. The number of carbonyl (C=O) groups is 2. The Morgan fingerprint density at radius 1 is 0.679 bits per heavy atom. The first-order valence-electron chi connectivity index (χ1n) is 18.2. The topological polar surface area (TPSA) is 137 Å². The number of pyridine rings is 1. The van der Waals surface area contributed by atoms with Gasteiger partial charge in [0, 0.05) is 46.4 Å². The standard InChI is InChI=1S/C43H37N5O6S2/c1-53-36-20-28-34(44-22-26-16-24(38-8-4-14-55-38)10-12-47(26)42(28)51)18-30(36)40(49)32-6-3-7-33(46-32)41(50)31-19-35-29(21-37(31)54-2)43(52)48-13-11-25(17-27(48)23-45-35)39-9-5-15-56-39/h3-11,14-15,18-23,26-27,40-41,49-50H,12-13,16-17H2,1-2H3/t26-,27-,40-,41-/m0/s1. The van der Waals surface area contributed by atoms with Crippen LogP contribution in [-0.4, -0.2) is 88.6 Å². The summed E-state index contributed by atoms with van der Waals surface area (Å²) < 4.78 is 11.4. The number of rotatable bonds is 8. The number of fused-ring (bicyclic) bond motifs is 4. The molecule has 0 aliphatic carbocycles. The van der Waals surface area contributed by atoms with Crippen LogP contribution in [0.1, 0.15) is 78.0 Å². The molecule has 0 saturated heterocycles. The minimum absolute atomic E-state index is 0.164. The molecule has 0 fully saturated rings. The van der Waals surface area contributed by atoms with Gasteiger partial charge < -0.3 is 29.5 Å². The lowest BCUT2D eigenvalue weighted by atomic mass is 9.97. The number of hydrogen-bond acceptors (Lipinski definition) is 11. The zero-order chi connectivity index (χ0) is 38.5. The Labute approximate surface area is 331 Å². The normalized spacial score (nSPS) is 19.8. The molecule has 4 atom stereocenters. The van der Waals surface area contributed by atoms with Crippen LogP contribution in [0.3, 0.4) is 0 Å². The Kier molecular flexibility index (Phi) is 9.46. The fraction of sp³-hybridized carbons (Fsp3) is 0.233. The van der Waals surface area contributed by atoms with Crippen molar-refractivity contribution in [2.75, 3.05) is 27.3 Å². The van der Waals surface area contributed by atoms with Crippen molar-refractivity contribution in [2.24, 2.45) is 9.98 Å². The van der Waals surface area contributed by atoms with E-state index in [2.05, 4.69) is 24.3 Å². The van der Waals surface area contributed by atoms with E-state index >= 15 is 0 Å². The molecule has 0 saturated carbocycles. The first kappa shape index (κ1) is 35.9. The second-order valence-electron chi connectivity index (χ2n) is 13.9. The number of nitrogens with zero attached hydrogens (tertiary/aromatic N) is 5. The Morgan fingerprint density at radius 2 is 1.14 bits per heavy atom. The van der Waals surface area contributed by atoms with E-state index in [9.17, 15) is 19.8 Å². The molecule has 13 heteroatoms. The number of benzene rings is 2. The van der Waals surface area contributed by atoms with Gasteiger partial charge in [-0.2, -0.15) is 0 Å². The van der Waals surface area contributed by atoms with Crippen molar-refractivity contribution in [1.82, 2.24) is 14.8 Å². The predicted molar refractivity (Wildman–Crippen MR) is 218 cm³/mol. The first-order chi connectivity index (χ1) is 27.3. The molecule has 7 heterocycles. The summed E-state index contributed by atoms with van der Waals surface area (Å²) in [7, 11) is 2.97. The van der Waals surface area contributed by atoms with E-state index in [1.54, 1.807) is 87.4 Å². The molecule has 2 amide bonds. The number of methoxy groups -OCH3 is 2. The maximum absolute atomic E-state index is 13.9. The molecule has 4 aliphatic heterocycles. The van der Waals surface area contributed by atoms with Gasteiger partial charge in [-0.1, -0.05) is 30.4 Å². The van der Waals surface area contributed by atoms with Crippen LogP contribution < -0.4 is 9.47 Å². The van der Waals surface area contributed by atoms with E-state index in [-0.39, 0.29) is 35.3 Å². The minimum Gasteiger partial charge on any atom is -0.496 e. The number of aromatic nitrogens is 1. The van der Waals surface area contributed by atoms with Gasteiger partial charge in [0.2, 0.25) is 0 Å². The highest BCUT2D eigenvalue weighted by Crippen LogP contribution is 2.41. The zero-order valence-corrected chi connectivity index (χ0v) is 32.2. The van der Waals surface area contributed by atoms with Crippen LogP contribution in [0.4, 0.5) is 11.4 Å². The quantitative estimate of drug-likeness (QED) is 0.167. The molecule has 9 rings (SSSR count). The molecule has 0 spiro atoms. The molecule has 0 bridgehead atoms. The number of carbonyl (C=O) groups excluding carboxylic acids is 2. The second kappa shape index (κ2) is 14.7. The van der Waals surface area contributed by atoms with E-state index in [1.165, 1.54) is 35.1 Å². The summed E-state index contributed by atoms with van der Waals surface area (Å²) in [6.45, 7) is 0.914. The van der Waals surface area contributed by atoms with Gasteiger partial charge in [0.1, 0.15) is 23.7 Å². The van der Waals surface area contributed by atoms with E-state index in [0.717, 1.165) is 0 Å². The van der Waals surface area contributed by atoms with Crippen LogP contribution in [0.5, 0.6) is 11.5 Å². The van der Waals surface area contributed by atoms with Gasteiger partial charge >= 0.3 is 0 Å². The van der Waals surface area contributed by atoms with Crippen molar-refractivity contribution < 1.29 is 29.3 Å². The van der Waals surface area contributed by atoms with Crippen molar-refractivity contribution in [3.8, 4) is 11.5 Å². The number of aliphatic imine (C=N–C) groups is 2. The number of amides is 2. The maximum Gasteiger partial charge on any atom is 0.257 e. The highest BCUT2D eigenvalue weighted by atomic mass is 32.1. The summed E-state index contributed by atoms with van der Waals surface area (Å²) in [5.41, 5.74) is 5.23. The maximum atomic E-state index is 13.9. The molecule has 56 heavy (non-hydrogen) atoms. The SMILES string of the molecule is COc1cc2c(cc1[C@H](O)c1cccc([C@@H](O)c3cc4c(cc3OC)C(=O)N3CC=C(c5cccs5)C[C@H]3C=N4)n1)N=C[C@@H]1CC(c3cccs3)=CCN1C2=O. The first-order valence-corrected chi connectivity index (χ1v) is 20.0. The molecular formula is C43H37N5O6S2. The molecule has 5 aromatic rings. The molecule has 282 valence electrons. The average molecular weight is 784 g/mol. The summed E-state index contributed by atoms with van der Waals surface area (Å²) in [6, 6.07) is 19.4. The third-order valence-corrected chi connectivity index (χ3v) is 12.7. The summed E-state index contributed by atoms with van der Waals surface area (Å²) in [5, 5.41) is 27.7. The highest BCUT2D eigenvalue weighted by molar-refractivity contribution is 7.11. The van der Waals surface area contributed by atoms with Crippen LogP contribution in [0.25, 0.3) is 11.1 Å². The summed E-state index contributed by atoms with van der Waals surface area (Å²) in [6.07, 6.45) is 6.54. The van der Waals surface area contributed by atoms with Gasteiger partial charge in [-0.05, 0) is 83.3 Å². The zero-order valence-electron chi connectivity index (χ0n) is 30.5. The molecule has 4 aliphatic rings. The minimum atomic E-state index is -1.29. The van der Waals surface area contributed by atoms with Crippen molar-refractivity contribution in [3.63, 3.8) is 0 Å². The van der Waals surface area contributed by atoms with E-state index in [0.29, 0.717) is 71.1 Å². The fourth-order valence-electron chi connectivity index (χ4n) is 7.82. The highest BCUT2D eigenvalue weighted by Gasteiger charge is 2.35. The van der Waals surface area contributed by atoms with E-state index in [1.807, 2.05) is 22.9 Å². The summed E-state index contributed by atoms with van der Waals surface area (Å²) >= 11 is 3.35. The molecule has 0 radical (unpaired) electrons. The van der Waals surface area contributed by atoms with Gasteiger partial charge in [-0.25, -0.2) is 0 Å². The summed E-state index contributed by atoms with van der Waals surface area (Å²) in [4.78, 5) is 47.9. The lowest BCUT2D eigenvalue weighted by Gasteiger charge is -2.32. The van der Waals surface area contributed by atoms with Gasteiger partial charge in [-0.3, -0.25) is 24.6 Å². The monoisotopic (exact) mass is 783 g/mol. The van der Waals surface area contributed by atoms with Crippen molar-refractivity contribution in [2.45, 2.75) is 37.1 Å². The smallest absolute Gasteiger partial charge is 0.257 e. The van der Waals surface area contributed by atoms with E-state index in [4.69, 9.17) is 24.4 Å². The second-order valence-corrected chi connectivity index (χ2v) is 15.8. The fourth-order valence-corrected chi connectivity index (χ4v) is 9.38. The molecule has 3 aromatic heterocycles. The molecule has 2 aromatic carbocycles. The number of hydrogen-bond donors (Lipinski definition) is 2. The third-order valence-electron chi connectivity index (χ3n) is 10.8. The van der Waals surface area contributed by atoms with Crippen molar-refractivity contribution in [3.05, 3.63) is 133 Å². The van der Waals surface area contributed by atoms with Crippen LogP contribution in [0, 0.1) is 0 Å². The lowest BCUT2D eigenvalue weighted by Crippen LogP contribution is -2.43. The predicted octanol–water partition coefficient (Wildman–Crippen LogP) is 7.41. The van der Waals surface area contributed by atoms with Crippen LogP contribution in [0.2, 0.25) is 0 Å².